The summed E-state index contributed by atoms with van der Waals surface area (Å²) in [4.78, 5) is 18.9. The maximum absolute atomic E-state index is 13.1. The van der Waals surface area contributed by atoms with Crippen molar-refractivity contribution in [3.63, 3.8) is 0 Å². The van der Waals surface area contributed by atoms with Gasteiger partial charge in [0.1, 0.15) is 6.61 Å². The Balaban J connectivity index is 1.89. The number of halogens is 1. The minimum atomic E-state index is -0.526. The smallest absolute Gasteiger partial charge is 0.357 e. The Kier molecular flexibility index (Phi) is 4.52. The van der Waals surface area contributed by atoms with Crippen LogP contribution in [0.2, 0.25) is 5.02 Å². The molecule has 0 radical (unpaired) electrons. The Morgan fingerprint density at radius 1 is 0.926 bits per heavy atom. The molecule has 0 saturated carbocycles. The molecule has 0 amide bonds. The maximum Gasteiger partial charge on any atom is 0.357 e. The molecule has 0 fully saturated rings. The van der Waals surface area contributed by atoms with E-state index in [-0.39, 0.29) is 12.3 Å². The second-order valence-electron chi connectivity index (χ2n) is 6.00. The summed E-state index contributed by atoms with van der Waals surface area (Å²) in [6.45, 7) is 0.202. The van der Waals surface area contributed by atoms with Crippen LogP contribution in [-0.2, 0) is 6.61 Å². The van der Waals surface area contributed by atoms with Gasteiger partial charge >= 0.3 is 5.56 Å². The van der Waals surface area contributed by atoms with E-state index < -0.39 is 5.56 Å². The van der Waals surface area contributed by atoms with E-state index in [1.54, 1.807) is 48.5 Å². The van der Waals surface area contributed by atoms with Crippen LogP contribution in [0.1, 0.15) is 5.56 Å². The highest BCUT2D eigenvalue weighted by Crippen LogP contribution is 2.18. The van der Waals surface area contributed by atoms with Gasteiger partial charge in [0.2, 0.25) is 5.52 Å². The lowest BCUT2D eigenvalue weighted by Crippen LogP contribution is -2.42. The van der Waals surface area contributed by atoms with E-state index in [0.29, 0.717) is 26.3 Å². The molecule has 134 valence electrons. The van der Waals surface area contributed by atoms with Gasteiger partial charge in [-0.3, -0.25) is 4.79 Å². The maximum atomic E-state index is 13.1. The average molecular weight is 379 g/mol. The minimum absolute atomic E-state index is 0.0153. The standard InChI is InChI=1S/C21H15ClN2O3/c22-17-12-10-16(11-13-17)20-21(25)24(27-14-15-6-2-1-3-7-15)19-9-5-4-8-18(19)23(20)26/h1-13H,14H2. The predicted molar refractivity (Wildman–Crippen MR) is 104 cm³/mol. The van der Waals surface area contributed by atoms with E-state index in [2.05, 4.69) is 0 Å². The van der Waals surface area contributed by atoms with Crippen LogP contribution in [0, 0.1) is 5.21 Å². The summed E-state index contributed by atoms with van der Waals surface area (Å²) >= 11 is 5.93. The van der Waals surface area contributed by atoms with Crippen LogP contribution in [0.4, 0.5) is 0 Å². The summed E-state index contributed by atoms with van der Waals surface area (Å²) in [5.74, 6) is 0. The fourth-order valence-electron chi connectivity index (χ4n) is 2.91. The second-order valence-corrected chi connectivity index (χ2v) is 6.43. The summed E-state index contributed by atoms with van der Waals surface area (Å²) in [5, 5.41) is 13.4. The molecule has 1 aromatic heterocycles. The summed E-state index contributed by atoms with van der Waals surface area (Å²) in [6, 6.07) is 22.9. The van der Waals surface area contributed by atoms with E-state index in [0.717, 1.165) is 5.56 Å². The van der Waals surface area contributed by atoms with Crippen molar-refractivity contribution in [1.82, 2.24) is 4.73 Å². The zero-order valence-electron chi connectivity index (χ0n) is 14.2. The first-order valence-electron chi connectivity index (χ1n) is 8.35. The third kappa shape index (κ3) is 3.25. The number of rotatable bonds is 4. The molecule has 1 heterocycles. The van der Waals surface area contributed by atoms with Crippen molar-refractivity contribution in [2.75, 3.05) is 0 Å². The average Bonchev–Trinajstić information content (AvgIpc) is 2.70. The van der Waals surface area contributed by atoms with Crippen molar-refractivity contribution >= 4 is 22.6 Å². The monoisotopic (exact) mass is 378 g/mol. The molecule has 0 spiro atoms. The Bertz CT molecular complexity index is 1160. The fourth-order valence-corrected chi connectivity index (χ4v) is 3.04. The van der Waals surface area contributed by atoms with Crippen LogP contribution in [0.5, 0.6) is 0 Å². The largest absolute Gasteiger partial charge is 0.618 e. The zero-order chi connectivity index (χ0) is 18.8. The highest BCUT2D eigenvalue weighted by atomic mass is 35.5. The Morgan fingerprint density at radius 2 is 1.59 bits per heavy atom. The van der Waals surface area contributed by atoms with E-state index in [1.165, 1.54) is 4.73 Å². The van der Waals surface area contributed by atoms with Crippen molar-refractivity contribution in [3.8, 4) is 11.3 Å². The Hall–Kier alpha value is -3.31. The zero-order valence-corrected chi connectivity index (χ0v) is 15.0. The lowest BCUT2D eigenvalue weighted by molar-refractivity contribution is -0.566. The van der Waals surface area contributed by atoms with E-state index in [1.807, 2.05) is 30.3 Å². The fraction of sp³-hybridized carbons (Fsp3) is 0.0476. The van der Waals surface area contributed by atoms with E-state index in [9.17, 15) is 10.0 Å². The first kappa shape index (κ1) is 17.1. The molecule has 4 aromatic rings. The molecule has 0 aliphatic carbocycles. The van der Waals surface area contributed by atoms with Crippen molar-refractivity contribution in [1.29, 1.82) is 0 Å². The van der Waals surface area contributed by atoms with Crippen LogP contribution >= 0.6 is 11.6 Å². The summed E-state index contributed by atoms with van der Waals surface area (Å²) in [5.41, 5.74) is 1.60. The van der Waals surface area contributed by atoms with Crippen molar-refractivity contribution < 1.29 is 9.57 Å². The molecule has 0 N–H and O–H groups in total. The molecule has 0 unspecified atom stereocenters. The van der Waals surface area contributed by atoms with Crippen molar-refractivity contribution in [2.24, 2.45) is 0 Å². The van der Waals surface area contributed by atoms with Crippen LogP contribution in [0.15, 0.2) is 83.7 Å². The van der Waals surface area contributed by atoms with Crippen LogP contribution in [0.25, 0.3) is 22.3 Å². The third-order valence-corrected chi connectivity index (χ3v) is 4.48. The normalized spacial score (nSPS) is 10.9. The summed E-state index contributed by atoms with van der Waals surface area (Å²) < 4.78 is 1.82. The lowest BCUT2D eigenvalue weighted by Gasteiger charge is -2.14. The molecule has 0 aliphatic heterocycles. The molecule has 0 atom stereocenters. The van der Waals surface area contributed by atoms with Gasteiger partial charge in [0.25, 0.3) is 5.69 Å². The molecular formula is C21H15ClN2O3. The van der Waals surface area contributed by atoms with Gasteiger partial charge in [0.15, 0.2) is 5.52 Å². The molecule has 27 heavy (non-hydrogen) atoms. The molecule has 0 bridgehead atoms. The molecule has 0 saturated heterocycles. The summed E-state index contributed by atoms with van der Waals surface area (Å²) in [7, 11) is 0. The van der Waals surface area contributed by atoms with Gasteiger partial charge in [0.05, 0.1) is 5.56 Å². The molecular weight excluding hydrogens is 364 g/mol. The number of para-hydroxylation sites is 2. The molecule has 4 rings (SSSR count). The van der Waals surface area contributed by atoms with Crippen LogP contribution in [0.3, 0.4) is 0 Å². The first-order chi connectivity index (χ1) is 13.1. The lowest BCUT2D eigenvalue weighted by atomic mass is 10.1. The third-order valence-electron chi connectivity index (χ3n) is 4.23. The van der Waals surface area contributed by atoms with Crippen LogP contribution in [-0.4, -0.2) is 4.73 Å². The van der Waals surface area contributed by atoms with Gasteiger partial charge in [-0.1, -0.05) is 54.1 Å². The highest BCUT2D eigenvalue weighted by Gasteiger charge is 2.23. The van der Waals surface area contributed by atoms with Gasteiger partial charge < -0.3 is 10.0 Å². The van der Waals surface area contributed by atoms with E-state index in [4.69, 9.17) is 16.4 Å². The molecule has 0 aliphatic rings. The molecule has 3 aromatic carbocycles. The SMILES string of the molecule is O=c1c(-c2ccc(Cl)cc2)[n+]([O-])c2ccccc2n1OCc1ccccc1. The number of nitrogens with zero attached hydrogens (tertiary/aromatic N) is 2. The minimum Gasteiger partial charge on any atom is -0.618 e. The van der Waals surface area contributed by atoms with Gasteiger partial charge in [-0.15, -0.1) is 4.73 Å². The van der Waals surface area contributed by atoms with E-state index >= 15 is 0 Å². The number of aromatic nitrogens is 2. The van der Waals surface area contributed by atoms with Gasteiger partial charge in [-0.05, 0) is 35.9 Å². The highest BCUT2D eigenvalue weighted by molar-refractivity contribution is 6.30. The Morgan fingerprint density at radius 3 is 2.33 bits per heavy atom. The van der Waals surface area contributed by atoms with Gasteiger partial charge in [0, 0.05) is 11.1 Å². The number of hydrogen-bond donors (Lipinski definition) is 0. The van der Waals surface area contributed by atoms with Gasteiger partial charge in [-0.2, -0.15) is 4.73 Å². The quantitative estimate of drug-likeness (QED) is 0.403. The number of fused-ring (bicyclic) bond motifs is 1. The molecule has 6 heteroatoms. The number of hydrogen-bond acceptors (Lipinski definition) is 3. The van der Waals surface area contributed by atoms with Crippen molar-refractivity contribution in [3.05, 3.63) is 105 Å². The van der Waals surface area contributed by atoms with Crippen LogP contribution < -0.4 is 15.1 Å². The predicted octanol–water partition coefficient (Wildman–Crippen LogP) is 3.58. The van der Waals surface area contributed by atoms with Gasteiger partial charge in [-0.25, -0.2) is 0 Å². The van der Waals surface area contributed by atoms with Crippen molar-refractivity contribution in [2.45, 2.75) is 6.61 Å². The summed E-state index contributed by atoms with van der Waals surface area (Å²) in [6.07, 6.45) is 0. The first-order valence-corrected chi connectivity index (χ1v) is 8.73. The Labute approximate surface area is 160 Å². The number of benzene rings is 3. The topological polar surface area (TPSA) is 58.2 Å². The molecule has 5 nitrogen and oxygen atoms in total. The second kappa shape index (κ2) is 7.13.